The Bertz CT molecular complexity index is 221. The van der Waals surface area contributed by atoms with Crippen molar-refractivity contribution in [3.8, 4) is 0 Å². The van der Waals surface area contributed by atoms with Crippen molar-refractivity contribution >= 4 is 0 Å². The van der Waals surface area contributed by atoms with Gasteiger partial charge in [0, 0.05) is 12.4 Å². The first kappa shape index (κ1) is 8.18. The van der Waals surface area contributed by atoms with Gasteiger partial charge >= 0.3 is 0 Å². The van der Waals surface area contributed by atoms with E-state index >= 15 is 0 Å². The molecule has 0 spiro atoms. The van der Waals surface area contributed by atoms with E-state index < -0.39 is 0 Å². The van der Waals surface area contributed by atoms with Gasteiger partial charge in [-0.1, -0.05) is 20.3 Å². The van der Waals surface area contributed by atoms with Crippen LogP contribution < -0.4 is 0 Å². The lowest BCUT2D eigenvalue weighted by atomic mass is 10.2. The molecule has 2 nitrogen and oxygen atoms in total. The second kappa shape index (κ2) is 4.06. The lowest BCUT2D eigenvalue weighted by molar-refractivity contribution is 0.845. The standard InChI is InChI=1S/C9H14N2/c1-3-5-9-7-10-6-8(4-2)11-9/h6-7H,3-5H2,1-2H3. The average molecular weight is 150 g/mol. The molecule has 0 amide bonds. The minimum absolute atomic E-state index is 0.977. The van der Waals surface area contributed by atoms with Crippen molar-refractivity contribution < 1.29 is 0 Å². The van der Waals surface area contributed by atoms with Crippen LogP contribution in [0.2, 0.25) is 0 Å². The van der Waals surface area contributed by atoms with Gasteiger partial charge in [0.25, 0.3) is 0 Å². The van der Waals surface area contributed by atoms with Crippen LogP contribution in [0.15, 0.2) is 12.4 Å². The molecular weight excluding hydrogens is 136 g/mol. The summed E-state index contributed by atoms with van der Waals surface area (Å²) in [5, 5.41) is 0. The van der Waals surface area contributed by atoms with Crippen LogP contribution in [0.3, 0.4) is 0 Å². The van der Waals surface area contributed by atoms with E-state index in [0.717, 1.165) is 30.7 Å². The van der Waals surface area contributed by atoms with Gasteiger partial charge in [0.15, 0.2) is 0 Å². The molecule has 0 aliphatic heterocycles. The molecule has 1 rings (SSSR count). The zero-order valence-corrected chi connectivity index (χ0v) is 7.17. The molecule has 11 heavy (non-hydrogen) atoms. The van der Waals surface area contributed by atoms with Crippen molar-refractivity contribution in [3.63, 3.8) is 0 Å². The highest BCUT2D eigenvalue weighted by Gasteiger charge is 1.94. The Balaban J connectivity index is 2.74. The zero-order chi connectivity index (χ0) is 8.10. The van der Waals surface area contributed by atoms with Gasteiger partial charge in [-0.15, -0.1) is 0 Å². The molecule has 0 N–H and O–H groups in total. The molecule has 0 bridgehead atoms. The largest absolute Gasteiger partial charge is 0.261 e. The summed E-state index contributed by atoms with van der Waals surface area (Å²) in [6, 6.07) is 0. The zero-order valence-electron chi connectivity index (χ0n) is 7.17. The molecule has 0 saturated heterocycles. The van der Waals surface area contributed by atoms with Gasteiger partial charge in [0.2, 0.25) is 0 Å². The number of aryl methyl sites for hydroxylation is 2. The van der Waals surface area contributed by atoms with Gasteiger partial charge in [0.05, 0.1) is 11.4 Å². The Morgan fingerprint density at radius 3 is 2.55 bits per heavy atom. The monoisotopic (exact) mass is 150 g/mol. The van der Waals surface area contributed by atoms with E-state index in [9.17, 15) is 0 Å². The third kappa shape index (κ3) is 2.30. The highest BCUT2D eigenvalue weighted by Crippen LogP contribution is 1.99. The Morgan fingerprint density at radius 1 is 1.18 bits per heavy atom. The average Bonchev–Trinajstić information content (AvgIpc) is 2.06. The number of hydrogen-bond donors (Lipinski definition) is 0. The van der Waals surface area contributed by atoms with Crippen LogP contribution in [-0.2, 0) is 12.8 Å². The van der Waals surface area contributed by atoms with Crippen molar-refractivity contribution in [3.05, 3.63) is 23.8 Å². The van der Waals surface area contributed by atoms with Crippen molar-refractivity contribution in [1.29, 1.82) is 0 Å². The first-order valence-corrected chi connectivity index (χ1v) is 4.16. The summed E-state index contributed by atoms with van der Waals surface area (Å²) in [5.74, 6) is 0. The molecule has 0 saturated carbocycles. The minimum Gasteiger partial charge on any atom is -0.261 e. The second-order valence-corrected chi connectivity index (χ2v) is 2.61. The first-order valence-electron chi connectivity index (χ1n) is 4.16. The topological polar surface area (TPSA) is 25.8 Å². The molecule has 1 aromatic rings. The highest BCUT2D eigenvalue weighted by atomic mass is 14.8. The summed E-state index contributed by atoms with van der Waals surface area (Å²) in [5.41, 5.74) is 2.21. The Labute approximate surface area is 67.7 Å². The Morgan fingerprint density at radius 2 is 1.91 bits per heavy atom. The number of hydrogen-bond acceptors (Lipinski definition) is 2. The molecule has 0 unspecified atom stereocenters. The predicted octanol–water partition coefficient (Wildman–Crippen LogP) is 1.99. The van der Waals surface area contributed by atoms with E-state index in [2.05, 4.69) is 23.8 Å². The SMILES string of the molecule is CCCc1cncc(CC)n1. The number of aromatic nitrogens is 2. The van der Waals surface area contributed by atoms with E-state index in [4.69, 9.17) is 0 Å². The summed E-state index contributed by atoms with van der Waals surface area (Å²) in [4.78, 5) is 8.53. The number of nitrogens with zero attached hydrogens (tertiary/aromatic N) is 2. The fourth-order valence-corrected chi connectivity index (χ4v) is 0.998. The molecule has 0 aliphatic carbocycles. The maximum Gasteiger partial charge on any atom is 0.0589 e. The van der Waals surface area contributed by atoms with E-state index in [1.807, 2.05) is 12.4 Å². The molecule has 1 heterocycles. The van der Waals surface area contributed by atoms with Crippen LogP contribution >= 0.6 is 0 Å². The third-order valence-corrected chi connectivity index (χ3v) is 1.60. The second-order valence-electron chi connectivity index (χ2n) is 2.61. The summed E-state index contributed by atoms with van der Waals surface area (Å²) in [6.07, 6.45) is 6.84. The van der Waals surface area contributed by atoms with Crippen LogP contribution in [0, 0.1) is 0 Å². The number of rotatable bonds is 3. The molecule has 2 heteroatoms. The maximum atomic E-state index is 4.42. The van der Waals surface area contributed by atoms with Gasteiger partial charge in [0.1, 0.15) is 0 Å². The fourth-order valence-electron chi connectivity index (χ4n) is 0.998. The molecule has 60 valence electrons. The highest BCUT2D eigenvalue weighted by molar-refractivity contribution is 5.02. The maximum absolute atomic E-state index is 4.42. The summed E-state index contributed by atoms with van der Waals surface area (Å²) < 4.78 is 0. The molecule has 0 radical (unpaired) electrons. The van der Waals surface area contributed by atoms with Gasteiger partial charge in [-0.2, -0.15) is 0 Å². The van der Waals surface area contributed by atoms with Gasteiger partial charge in [-0.05, 0) is 12.8 Å². The van der Waals surface area contributed by atoms with Crippen LogP contribution in [0.25, 0.3) is 0 Å². The Kier molecular flexibility index (Phi) is 3.02. The van der Waals surface area contributed by atoms with Gasteiger partial charge in [-0.25, -0.2) is 0 Å². The van der Waals surface area contributed by atoms with Crippen molar-refractivity contribution in [2.45, 2.75) is 33.1 Å². The van der Waals surface area contributed by atoms with Crippen LogP contribution in [0.4, 0.5) is 0 Å². The van der Waals surface area contributed by atoms with Crippen molar-refractivity contribution in [1.82, 2.24) is 9.97 Å². The summed E-state index contributed by atoms with van der Waals surface area (Å²) in [6.45, 7) is 4.25. The summed E-state index contributed by atoms with van der Waals surface area (Å²) in [7, 11) is 0. The lowest BCUT2D eigenvalue weighted by Gasteiger charge is -1.98. The molecule has 0 aliphatic rings. The molecule has 0 aromatic carbocycles. The molecule has 0 atom stereocenters. The minimum atomic E-state index is 0.977. The summed E-state index contributed by atoms with van der Waals surface area (Å²) >= 11 is 0. The first-order chi connectivity index (χ1) is 5.36. The van der Waals surface area contributed by atoms with Crippen LogP contribution in [0.1, 0.15) is 31.7 Å². The third-order valence-electron chi connectivity index (χ3n) is 1.60. The van der Waals surface area contributed by atoms with Gasteiger partial charge in [-0.3, -0.25) is 9.97 Å². The molecule has 0 fully saturated rings. The van der Waals surface area contributed by atoms with Crippen LogP contribution in [0.5, 0.6) is 0 Å². The van der Waals surface area contributed by atoms with E-state index in [1.165, 1.54) is 0 Å². The van der Waals surface area contributed by atoms with E-state index in [1.54, 1.807) is 0 Å². The van der Waals surface area contributed by atoms with Crippen molar-refractivity contribution in [2.75, 3.05) is 0 Å². The smallest absolute Gasteiger partial charge is 0.0589 e. The van der Waals surface area contributed by atoms with Gasteiger partial charge < -0.3 is 0 Å². The molecular formula is C9H14N2. The van der Waals surface area contributed by atoms with E-state index in [0.29, 0.717) is 0 Å². The Hall–Kier alpha value is -0.920. The van der Waals surface area contributed by atoms with Crippen molar-refractivity contribution in [2.24, 2.45) is 0 Å². The lowest BCUT2D eigenvalue weighted by Crippen LogP contribution is -1.95. The normalized spacial score (nSPS) is 10.0. The molecule has 1 aromatic heterocycles. The predicted molar refractivity (Wildman–Crippen MR) is 45.4 cm³/mol. The van der Waals surface area contributed by atoms with Crippen LogP contribution in [-0.4, -0.2) is 9.97 Å². The fraction of sp³-hybridized carbons (Fsp3) is 0.556. The van der Waals surface area contributed by atoms with E-state index in [-0.39, 0.29) is 0 Å². The quantitative estimate of drug-likeness (QED) is 0.658.